The lowest BCUT2D eigenvalue weighted by molar-refractivity contribution is -0.122. The third-order valence-corrected chi connectivity index (χ3v) is 4.07. The molecule has 5 nitrogen and oxygen atoms in total. The van der Waals surface area contributed by atoms with Crippen LogP contribution in [-0.4, -0.2) is 21.7 Å². The molecule has 6 heteroatoms. The highest BCUT2D eigenvalue weighted by atomic mass is 35.5. The molecule has 1 aromatic carbocycles. The van der Waals surface area contributed by atoms with Crippen molar-refractivity contribution < 1.29 is 9.21 Å². The molecular weight excluding hydrogens is 314 g/mol. The second-order valence-electron chi connectivity index (χ2n) is 5.56. The molecular formula is C17H18ClN3O2. The van der Waals surface area contributed by atoms with Crippen molar-refractivity contribution in [1.82, 2.24) is 15.1 Å². The van der Waals surface area contributed by atoms with Crippen molar-refractivity contribution in [3.05, 3.63) is 53.6 Å². The molecule has 1 N–H and O–H groups in total. The summed E-state index contributed by atoms with van der Waals surface area (Å²) in [6.07, 6.45) is 4.97. The molecule has 1 atom stereocenters. The summed E-state index contributed by atoms with van der Waals surface area (Å²) >= 11 is 6.12. The number of carbonyl (C=O) groups is 1. The minimum atomic E-state index is -0.0677. The second kappa shape index (κ2) is 6.87. The van der Waals surface area contributed by atoms with Crippen molar-refractivity contribution in [1.29, 1.82) is 0 Å². The highest BCUT2D eigenvalue weighted by Crippen LogP contribution is 2.22. The quantitative estimate of drug-likeness (QED) is 0.753. The molecule has 2 aromatic heterocycles. The first kappa shape index (κ1) is 15.6. The summed E-state index contributed by atoms with van der Waals surface area (Å²) in [6.45, 7) is 2.16. The average Bonchev–Trinajstić information content (AvgIpc) is 3.16. The molecule has 1 amide bonds. The predicted octanol–water partition coefficient (Wildman–Crippen LogP) is 3.42. The number of amides is 1. The number of nitrogens with one attached hydrogen (secondary N) is 1. The summed E-state index contributed by atoms with van der Waals surface area (Å²) < 4.78 is 6.96. The van der Waals surface area contributed by atoms with Crippen molar-refractivity contribution in [2.24, 2.45) is 0 Å². The standard InChI is InChI=1S/C17H18ClN3O2/c1-12(7-8-13-4-3-9-23-13)20-17(22)11-21-16-6-2-5-15(18)14(16)10-19-21/h2-6,9-10,12H,7-8,11H2,1H3,(H,20,22)/t12-/m0/s1. The van der Waals surface area contributed by atoms with Gasteiger partial charge in [0.05, 0.1) is 23.0 Å². The molecule has 0 fully saturated rings. The van der Waals surface area contributed by atoms with Gasteiger partial charge in [-0.15, -0.1) is 0 Å². The van der Waals surface area contributed by atoms with Gasteiger partial charge in [0, 0.05) is 17.8 Å². The molecule has 0 saturated carbocycles. The summed E-state index contributed by atoms with van der Waals surface area (Å²) in [5.41, 5.74) is 0.857. The van der Waals surface area contributed by atoms with E-state index in [1.165, 1.54) is 0 Å². The zero-order valence-electron chi connectivity index (χ0n) is 12.8. The maximum absolute atomic E-state index is 12.2. The van der Waals surface area contributed by atoms with Gasteiger partial charge in [-0.3, -0.25) is 9.48 Å². The third-order valence-electron chi connectivity index (χ3n) is 3.74. The topological polar surface area (TPSA) is 60.1 Å². The number of aromatic nitrogens is 2. The van der Waals surface area contributed by atoms with Gasteiger partial charge in [-0.25, -0.2) is 0 Å². The van der Waals surface area contributed by atoms with Crippen LogP contribution in [0.25, 0.3) is 10.9 Å². The molecule has 23 heavy (non-hydrogen) atoms. The number of carbonyl (C=O) groups excluding carboxylic acids is 1. The molecule has 0 aliphatic heterocycles. The number of hydrogen-bond acceptors (Lipinski definition) is 3. The lowest BCUT2D eigenvalue weighted by Gasteiger charge is -2.13. The molecule has 3 aromatic rings. The maximum atomic E-state index is 12.2. The van der Waals surface area contributed by atoms with Gasteiger partial charge in [0.25, 0.3) is 0 Å². The normalized spacial score (nSPS) is 12.4. The molecule has 2 heterocycles. The SMILES string of the molecule is C[C@@H](CCc1ccco1)NC(=O)Cn1ncc2c(Cl)cccc21. The largest absolute Gasteiger partial charge is 0.469 e. The van der Waals surface area contributed by atoms with Crippen LogP contribution in [0.4, 0.5) is 0 Å². The van der Waals surface area contributed by atoms with Crippen molar-refractivity contribution in [3.8, 4) is 0 Å². The zero-order valence-corrected chi connectivity index (χ0v) is 13.6. The number of halogens is 1. The predicted molar refractivity (Wildman–Crippen MR) is 89.4 cm³/mol. The molecule has 0 unspecified atom stereocenters. The van der Waals surface area contributed by atoms with Crippen LogP contribution in [-0.2, 0) is 17.8 Å². The van der Waals surface area contributed by atoms with Crippen molar-refractivity contribution >= 4 is 28.4 Å². The Kier molecular flexibility index (Phi) is 4.67. The molecule has 0 saturated heterocycles. The van der Waals surface area contributed by atoms with Crippen LogP contribution in [0.5, 0.6) is 0 Å². The number of fused-ring (bicyclic) bond motifs is 1. The van der Waals surface area contributed by atoms with Crippen molar-refractivity contribution in [2.75, 3.05) is 0 Å². The lowest BCUT2D eigenvalue weighted by Crippen LogP contribution is -2.35. The number of hydrogen-bond donors (Lipinski definition) is 1. The van der Waals surface area contributed by atoms with Gasteiger partial charge in [0.1, 0.15) is 12.3 Å². The summed E-state index contributed by atoms with van der Waals surface area (Å²) in [6, 6.07) is 9.44. The van der Waals surface area contributed by atoms with E-state index >= 15 is 0 Å². The third kappa shape index (κ3) is 3.74. The Morgan fingerprint density at radius 2 is 2.26 bits per heavy atom. The lowest BCUT2D eigenvalue weighted by atomic mass is 10.1. The molecule has 120 valence electrons. The van der Waals surface area contributed by atoms with Gasteiger partial charge in [-0.1, -0.05) is 17.7 Å². The Morgan fingerprint density at radius 1 is 1.39 bits per heavy atom. The summed E-state index contributed by atoms with van der Waals surface area (Å²) in [5.74, 6) is 0.862. The van der Waals surface area contributed by atoms with E-state index in [1.807, 2.05) is 37.3 Å². The average molecular weight is 332 g/mol. The van der Waals surface area contributed by atoms with E-state index in [2.05, 4.69) is 10.4 Å². The van der Waals surface area contributed by atoms with Gasteiger partial charge in [0.2, 0.25) is 5.91 Å². The molecule has 0 aliphatic carbocycles. The monoisotopic (exact) mass is 331 g/mol. The molecule has 0 aliphatic rings. The molecule has 3 rings (SSSR count). The van der Waals surface area contributed by atoms with E-state index in [9.17, 15) is 4.79 Å². The van der Waals surface area contributed by atoms with E-state index in [1.54, 1.807) is 17.1 Å². The van der Waals surface area contributed by atoms with E-state index in [0.717, 1.165) is 29.5 Å². The number of rotatable bonds is 6. The summed E-state index contributed by atoms with van der Waals surface area (Å²) in [5, 5.41) is 8.73. The van der Waals surface area contributed by atoms with Crippen LogP contribution in [0.15, 0.2) is 47.2 Å². The first-order valence-electron chi connectivity index (χ1n) is 7.55. The zero-order chi connectivity index (χ0) is 16.2. The highest BCUT2D eigenvalue weighted by molar-refractivity contribution is 6.35. The fraction of sp³-hybridized carbons (Fsp3) is 0.294. The number of furan rings is 1. The Hall–Kier alpha value is -2.27. The molecule has 0 spiro atoms. The van der Waals surface area contributed by atoms with Gasteiger partial charge >= 0.3 is 0 Å². The van der Waals surface area contributed by atoms with Gasteiger partial charge in [0.15, 0.2) is 0 Å². The Bertz CT molecular complexity index is 795. The fourth-order valence-corrected chi connectivity index (χ4v) is 2.75. The van der Waals surface area contributed by atoms with E-state index in [0.29, 0.717) is 5.02 Å². The minimum Gasteiger partial charge on any atom is -0.469 e. The summed E-state index contributed by atoms with van der Waals surface area (Å²) in [4.78, 5) is 12.2. The smallest absolute Gasteiger partial charge is 0.241 e. The highest BCUT2D eigenvalue weighted by Gasteiger charge is 2.12. The number of nitrogens with zero attached hydrogens (tertiary/aromatic N) is 2. The maximum Gasteiger partial charge on any atom is 0.241 e. The van der Waals surface area contributed by atoms with E-state index < -0.39 is 0 Å². The van der Waals surface area contributed by atoms with Gasteiger partial charge in [-0.05, 0) is 37.6 Å². The van der Waals surface area contributed by atoms with Crippen LogP contribution in [0, 0.1) is 0 Å². The van der Waals surface area contributed by atoms with Crippen molar-refractivity contribution in [3.63, 3.8) is 0 Å². The van der Waals surface area contributed by atoms with Crippen LogP contribution >= 0.6 is 11.6 Å². The van der Waals surface area contributed by atoms with E-state index in [-0.39, 0.29) is 18.5 Å². The molecule has 0 bridgehead atoms. The number of aryl methyl sites for hydroxylation is 1. The number of benzene rings is 1. The first-order chi connectivity index (χ1) is 11.1. The minimum absolute atomic E-state index is 0.0676. The Balaban J connectivity index is 1.57. The Labute approximate surface area is 139 Å². The fourth-order valence-electron chi connectivity index (χ4n) is 2.54. The van der Waals surface area contributed by atoms with Crippen LogP contribution < -0.4 is 5.32 Å². The van der Waals surface area contributed by atoms with Crippen LogP contribution in [0.2, 0.25) is 5.02 Å². The van der Waals surface area contributed by atoms with Crippen LogP contribution in [0.1, 0.15) is 19.1 Å². The van der Waals surface area contributed by atoms with E-state index in [4.69, 9.17) is 16.0 Å². The van der Waals surface area contributed by atoms with Crippen molar-refractivity contribution in [2.45, 2.75) is 32.4 Å². The first-order valence-corrected chi connectivity index (χ1v) is 7.93. The summed E-state index contributed by atoms with van der Waals surface area (Å²) in [7, 11) is 0. The van der Waals surface area contributed by atoms with Gasteiger partial charge < -0.3 is 9.73 Å². The van der Waals surface area contributed by atoms with Gasteiger partial charge in [-0.2, -0.15) is 5.10 Å². The van der Waals surface area contributed by atoms with Crippen LogP contribution in [0.3, 0.4) is 0 Å². The molecule has 0 radical (unpaired) electrons. The second-order valence-corrected chi connectivity index (χ2v) is 5.97. The Morgan fingerprint density at radius 3 is 3.04 bits per heavy atom.